The lowest BCUT2D eigenvalue weighted by Gasteiger charge is -2.44. The minimum atomic E-state index is -0.426. The molecule has 0 spiro atoms. The van der Waals surface area contributed by atoms with Gasteiger partial charge in [0.2, 0.25) is 11.8 Å². The van der Waals surface area contributed by atoms with E-state index >= 15 is 0 Å². The monoisotopic (exact) mass is 383 g/mol. The van der Waals surface area contributed by atoms with Crippen LogP contribution in [0.4, 0.5) is 0 Å². The van der Waals surface area contributed by atoms with Gasteiger partial charge in [-0.1, -0.05) is 25.5 Å². The van der Waals surface area contributed by atoms with Gasteiger partial charge in [-0.05, 0) is 43.2 Å². The van der Waals surface area contributed by atoms with Crippen molar-refractivity contribution >= 4 is 23.6 Å². The molecule has 4 amide bonds. The molecule has 1 aromatic rings. The van der Waals surface area contributed by atoms with Crippen molar-refractivity contribution in [3.05, 3.63) is 35.4 Å². The van der Waals surface area contributed by atoms with Crippen molar-refractivity contribution in [3.63, 3.8) is 0 Å². The lowest BCUT2D eigenvalue weighted by molar-refractivity contribution is -0.127. The smallest absolute Gasteiger partial charge is 0.262 e. The Bertz CT molecular complexity index is 802. The number of piperidine rings is 1. The highest BCUT2D eigenvalue weighted by Gasteiger charge is 2.41. The Hall–Kier alpha value is -2.70. The van der Waals surface area contributed by atoms with Crippen molar-refractivity contribution in [1.82, 2.24) is 15.5 Å². The molecule has 1 aliphatic carbocycles. The summed E-state index contributed by atoms with van der Waals surface area (Å²) >= 11 is 0. The number of nitrogens with zero attached hydrogens (tertiary/aromatic N) is 1. The van der Waals surface area contributed by atoms with Crippen molar-refractivity contribution in [2.45, 2.75) is 51.1 Å². The first-order chi connectivity index (χ1) is 13.5. The molecule has 2 heterocycles. The Balaban J connectivity index is 1.36. The number of benzene rings is 1. The second kappa shape index (κ2) is 7.37. The number of hydrogen-bond donors (Lipinski definition) is 2. The highest BCUT2D eigenvalue weighted by molar-refractivity contribution is 6.22. The maximum atomic E-state index is 12.5. The minimum Gasteiger partial charge on any atom is -0.353 e. The van der Waals surface area contributed by atoms with Gasteiger partial charge in [-0.2, -0.15) is 0 Å². The Morgan fingerprint density at radius 1 is 1.14 bits per heavy atom. The van der Waals surface area contributed by atoms with Crippen LogP contribution in [0, 0.1) is 11.8 Å². The van der Waals surface area contributed by atoms with Crippen LogP contribution in [0.2, 0.25) is 0 Å². The van der Waals surface area contributed by atoms with E-state index in [0.29, 0.717) is 35.8 Å². The number of hydrogen-bond acceptors (Lipinski definition) is 4. The highest BCUT2D eigenvalue weighted by Crippen LogP contribution is 2.37. The van der Waals surface area contributed by atoms with E-state index in [1.165, 1.54) is 0 Å². The maximum Gasteiger partial charge on any atom is 0.262 e. The number of rotatable bonds is 4. The molecule has 1 saturated carbocycles. The number of fused-ring (bicyclic) bond motifs is 2. The number of carbonyl (C=O) groups excluding carboxylic acids is 4. The maximum absolute atomic E-state index is 12.5. The number of nitrogens with one attached hydrogen (secondary N) is 2. The molecule has 7 heteroatoms. The average Bonchev–Trinajstić information content (AvgIpc) is 2.92. The Kier molecular flexibility index (Phi) is 4.91. The molecule has 2 N–H and O–H groups in total. The molecule has 0 aromatic heterocycles. The van der Waals surface area contributed by atoms with E-state index in [1.54, 1.807) is 24.3 Å². The van der Waals surface area contributed by atoms with Gasteiger partial charge in [0, 0.05) is 18.5 Å². The second-order valence-corrected chi connectivity index (χ2v) is 8.03. The summed E-state index contributed by atoms with van der Waals surface area (Å²) in [5.41, 5.74) is 0.688. The molecule has 7 nitrogen and oxygen atoms in total. The van der Waals surface area contributed by atoms with Crippen LogP contribution < -0.4 is 10.6 Å². The largest absolute Gasteiger partial charge is 0.353 e. The fourth-order valence-electron chi connectivity index (χ4n) is 4.96. The van der Waals surface area contributed by atoms with Crippen LogP contribution in [-0.4, -0.2) is 47.2 Å². The third-order valence-corrected chi connectivity index (χ3v) is 6.37. The highest BCUT2D eigenvalue weighted by atomic mass is 16.2. The van der Waals surface area contributed by atoms with Crippen molar-refractivity contribution in [3.8, 4) is 0 Å². The van der Waals surface area contributed by atoms with Crippen molar-refractivity contribution in [2.24, 2.45) is 11.8 Å². The van der Waals surface area contributed by atoms with Crippen molar-refractivity contribution in [1.29, 1.82) is 0 Å². The van der Waals surface area contributed by atoms with Gasteiger partial charge in [-0.15, -0.1) is 0 Å². The number of imide groups is 1. The van der Waals surface area contributed by atoms with Gasteiger partial charge >= 0.3 is 0 Å². The summed E-state index contributed by atoms with van der Waals surface area (Å²) in [6, 6.07) is 6.64. The summed E-state index contributed by atoms with van der Waals surface area (Å²) < 4.78 is 0. The van der Waals surface area contributed by atoms with Crippen LogP contribution in [0.25, 0.3) is 0 Å². The predicted octanol–water partition coefficient (Wildman–Crippen LogP) is 1.48. The van der Waals surface area contributed by atoms with E-state index in [9.17, 15) is 19.2 Å². The molecule has 1 aromatic carbocycles. The molecule has 2 aliphatic heterocycles. The fourth-order valence-corrected chi connectivity index (χ4v) is 4.96. The van der Waals surface area contributed by atoms with E-state index < -0.39 is 11.8 Å². The molecule has 0 radical (unpaired) electrons. The van der Waals surface area contributed by atoms with E-state index in [1.807, 2.05) is 0 Å². The summed E-state index contributed by atoms with van der Waals surface area (Å²) in [5, 5.41) is 6.03. The quantitative estimate of drug-likeness (QED) is 0.770. The average molecular weight is 383 g/mol. The second-order valence-electron chi connectivity index (χ2n) is 8.03. The van der Waals surface area contributed by atoms with E-state index in [0.717, 1.165) is 24.2 Å². The van der Waals surface area contributed by atoms with E-state index in [-0.39, 0.29) is 30.4 Å². The van der Waals surface area contributed by atoms with Crippen LogP contribution in [0.5, 0.6) is 0 Å². The summed E-state index contributed by atoms with van der Waals surface area (Å²) in [6.07, 6.45) is 4.09. The summed E-state index contributed by atoms with van der Waals surface area (Å²) in [5.74, 6) is -0.228. The lowest BCUT2D eigenvalue weighted by Crippen LogP contribution is -2.56. The number of amides is 4. The first-order valence-corrected chi connectivity index (χ1v) is 10.0. The first kappa shape index (κ1) is 18.7. The van der Waals surface area contributed by atoms with Crippen molar-refractivity contribution < 1.29 is 19.2 Å². The fraction of sp³-hybridized carbons (Fsp3) is 0.524. The summed E-state index contributed by atoms with van der Waals surface area (Å²) in [6.45, 7) is 1.84. The predicted molar refractivity (Wildman–Crippen MR) is 101 cm³/mol. The molecule has 28 heavy (non-hydrogen) atoms. The van der Waals surface area contributed by atoms with E-state index in [4.69, 9.17) is 0 Å². The third-order valence-electron chi connectivity index (χ3n) is 6.37. The molecule has 4 atom stereocenters. The van der Waals surface area contributed by atoms with Gasteiger partial charge in [-0.3, -0.25) is 24.1 Å². The molecule has 3 aliphatic rings. The van der Waals surface area contributed by atoms with Crippen LogP contribution in [0.15, 0.2) is 24.3 Å². The minimum absolute atomic E-state index is 0.0557. The van der Waals surface area contributed by atoms with E-state index in [2.05, 4.69) is 17.6 Å². The molecule has 0 bridgehead atoms. The third kappa shape index (κ3) is 3.30. The summed E-state index contributed by atoms with van der Waals surface area (Å²) in [4.78, 5) is 50.3. The Morgan fingerprint density at radius 3 is 2.46 bits per heavy atom. The topological polar surface area (TPSA) is 95.6 Å². The number of carbonyl (C=O) groups is 4. The van der Waals surface area contributed by atoms with Gasteiger partial charge in [0.1, 0.15) is 6.54 Å². The summed E-state index contributed by atoms with van der Waals surface area (Å²) in [7, 11) is 0. The van der Waals surface area contributed by atoms with Gasteiger partial charge < -0.3 is 10.6 Å². The van der Waals surface area contributed by atoms with Gasteiger partial charge in [0.25, 0.3) is 11.8 Å². The van der Waals surface area contributed by atoms with Gasteiger partial charge in [0.05, 0.1) is 11.1 Å². The zero-order valence-electron chi connectivity index (χ0n) is 15.9. The Morgan fingerprint density at radius 2 is 1.82 bits per heavy atom. The molecule has 2 fully saturated rings. The lowest BCUT2D eigenvalue weighted by atomic mass is 9.70. The zero-order valence-corrected chi connectivity index (χ0v) is 15.9. The molecule has 1 saturated heterocycles. The van der Waals surface area contributed by atoms with Gasteiger partial charge in [-0.25, -0.2) is 0 Å². The molecular weight excluding hydrogens is 358 g/mol. The SMILES string of the molecule is CCC1CC(=O)NC2CC(NC(=O)CN3C(=O)c4ccccc4C3=O)CCC12. The molecular formula is C21H25N3O4. The van der Waals surface area contributed by atoms with Crippen LogP contribution in [0.1, 0.15) is 59.7 Å². The first-order valence-electron chi connectivity index (χ1n) is 10.0. The van der Waals surface area contributed by atoms with Crippen LogP contribution >= 0.6 is 0 Å². The molecule has 148 valence electrons. The van der Waals surface area contributed by atoms with Crippen molar-refractivity contribution in [2.75, 3.05) is 6.54 Å². The molecule has 4 unspecified atom stereocenters. The normalized spacial score (nSPS) is 29.2. The standard InChI is InChI=1S/C21H25N3O4/c1-2-12-9-18(25)23-17-10-13(7-8-14(12)17)22-19(26)11-24-20(27)15-5-3-4-6-16(15)21(24)28/h3-6,12-14,17H,2,7-11H2,1H3,(H,22,26)(H,23,25). The Labute approximate surface area is 163 Å². The van der Waals surface area contributed by atoms with Crippen LogP contribution in [0.3, 0.4) is 0 Å². The van der Waals surface area contributed by atoms with Gasteiger partial charge in [0.15, 0.2) is 0 Å². The molecule has 4 rings (SSSR count). The zero-order chi connectivity index (χ0) is 19.8. The van der Waals surface area contributed by atoms with Crippen LogP contribution in [-0.2, 0) is 9.59 Å².